The Bertz CT molecular complexity index is 430. The minimum atomic E-state index is 0.445. The van der Waals surface area contributed by atoms with Crippen LogP contribution >= 0.6 is 0 Å². The van der Waals surface area contributed by atoms with E-state index in [9.17, 15) is 0 Å². The number of nitrogens with zero attached hydrogens (tertiary/aromatic N) is 4. The van der Waals surface area contributed by atoms with Gasteiger partial charge in [0.05, 0.1) is 11.4 Å². The van der Waals surface area contributed by atoms with Crippen molar-refractivity contribution in [2.45, 2.75) is 26.7 Å². The molecule has 0 saturated heterocycles. The van der Waals surface area contributed by atoms with Gasteiger partial charge in [-0.05, 0) is 12.8 Å². The fourth-order valence-electron chi connectivity index (χ4n) is 1.63. The van der Waals surface area contributed by atoms with Gasteiger partial charge in [-0.2, -0.15) is 0 Å². The summed E-state index contributed by atoms with van der Waals surface area (Å²) in [6, 6.07) is 0. The van der Waals surface area contributed by atoms with Crippen molar-refractivity contribution in [3.05, 3.63) is 24.0 Å². The molecule has 0 radical (unpaired) electrons. The summed E-state index contributed by atoms with van der Waals surface area (Å²) in [5, 5.41) is 0. The summed E-state index contributed by atoms with van der Waals surface area (Å²) >= 11 is 0. The van der Waals surface area contributed by atoms with Gasteiger partial charge in [0.25, 0.3) is 0 Å². The molecule has 0 bridgehead atoms. The van der Waals surface area contributed by atoms with Crippen molar-refractivity contribution in [1.29, 1.82) is 0 Å². The minimum Gasteiger partial charge on any atom is -0.271 e. The molecule has 0 atom stereocenters. The molecule has 4 nitrogen and oxygen atoms in total. The molecule has 0 aromatic carbocycles. The van der Waals surface area contributed by atoms with Gasteiger partial charge in [0.2, 0.25) is 5.78 Å². The van der Waals surface area contributed by atoms with Crippen LogP contribution in [0.15, 0.2) is 12.7 Å². The third-order valence-electron chi connectivity index (χ3n) is 2.08. The number of hydrogen-bond donors (Lipinski definition) is 0. The van der Waals surface area contributed by atoms with Crippen LogP contribution in [0, 0.1) is 6.92 Å². The minimum absolute atomic E-state index is 0.445. The number of rotatable bonds is 1. The van der Waals surface area contributed by atoms with E-state index in [4.69, 9.17) is 0 Å². The van der Waals surface area contributed by atoms with Crippen molar-refractivity contribution in [1.82, 2.24) is 19.4 Å². The summed E-state index contributed by atoms with van der Waals surface area (Å²) in [4.78, 5) is 12.4. The molecule has 0 N–H and O–H groups in total. The zero-order valence-corrected chi connectivity index (χ0v) is 8.02. The largest absolute Gasteiger partial charge is 0.271 e. The number of hydrogen-bond acceptors (Lipinski definition) is 3. The Morgan fingerprint density at radius 3 is 2.85 bits per heavy atom. The molecule has 13 heavy (non-hydrogen) atoms. The maximum absolute atomic E-state index is 4.35. The van der Waals surface area contributed by atoms with E-state index in [1.54, 1.807) is 6.33 Å². The lowest BCUT2D eigenvalue weighted by molar-refractivity contribution is 0.787. The van der Waals surface area contributed by atoms with E-state index in [1.807, 2.05) is 11.3 Å². The quantitative estimate of drug-likeness (QED) is 0.662. The Labute approximate surface area is 76.7 Å². The fourth-order valence-corrected chi connectivity index (χ4v) is 1.63. The van der Waals surface area contributed by atoms with Crippen molar-refractivity contribution in [2.24, 2.45) is 0 Å². The van der Waals surface area contributed by atoms with Crippen LogP contribution in [0.25, 0.3) is 5.78 Å². The van der Waals surface area contributed by atoms with E-state index in [0.717, 1.165) is 11.5 Å². The van der Waals surface area contributed by atoms with Crippen LogP contribution in [-0.2, 0) is 0 Å². The lowest BCUT2D eigenvalue weighted by atomic mass is 10.1. The molecule has 2 heterocycles. The van der Waals surface area contributed by atoms with Crippen LogP contribution < -0.4 is 0 Å². The first-order valence-electron chi connectivity index (χ1n) is 4.34. The van der Waals surface area contributed by atoms with Gasteiger partial charge in [0.15, 0.2) is 0 Å². The number of imidazole rings is 1. The Balaban J connectivity index is 2.78. The zero-order chi connectivity index (χ0) is 9.42. The molecule has 0 spiro atoms. The van der Waals surface area contributed by atoms with E-state index in [1.165, 1.54) is 12.0 Å². The molecule has 4 heteroatoms. The van der Waals surface area contributed by atoms with E-state index < -0.39 is 0 Å². The summed E-state index contributed by atoms with van der Waals surface area (Å²) in [6.07, 6.45) is 3.28. The van der Waals surface area contributed by atoms with Gasteiger partial charge in [0.1, 0.15) is 12.7 Å². The predicted molar refractivity (Wildman–Crippen MR) is 49.6 cm³/mol. The number of aryl methyl sites for hydroxylation is 1. The van der Waals surface area contributed by atoms with Gasteiger partial charge in [-0.25, -0.2) is 15.0 Å². The molecule has 2 rings (SSSR count). The van der Waals surface area contributed by atoms with Crippen molar-refractivity contribution in [2.75, 3.05) is 0 Å². The average Bonchev–Trinajstić information content (AvgIpc) is 2.39. The highest BCUT2D eigenvalue weighted by Crippen LogP contribution is 2.18. The van der Waals surface area contributed by atoms with Gasteiger partial charge < -0.3 is 0 Å². The van der Waals surface area contributed by atoms with Crippen LogP contribution in [0.3, 0.4) is 0 Å². The molecule has 2 aromatic rings. The monoisotopic (exact) mass is 176 g/mol. The van der Waals surface area contributed by atoms with Gasteiger partial charge >= 0.3 is 0 Å². The van der Waals surface area contributed by atoms with Crippen LogP contribution in [0.4, 0.5) is 0 Å². The summed E-state index contributed by atoms with van der Waals surface area (Å²) in [5.41, 5.74) is 2.23. The molecule has 0 aliphatic carbocycles. The lowest BCUT2D eigenvalue weighted by Crippen LogP contribution is -1.98. The molecule has 68 valence electrons. The van der Waals surface area contributed by atoms with Crippen molar-refractivity contribution >= 4 is 5.78 Å². The maximum atomic E-state index is 4.35. The van der Waals surface area contributed by atoms with E-state index in [0.29, 0.717) is 5.92 Å². The molecule has 0 aliphatic rings. The third kappa shape index (κ3) is 1.18. The molecule has 0 fully saturated rings. The first-order valence-corrected chi connectivity index (χ1v) is 4.34. The zero-order valence-electron chi connectivity index (χ0n) is 8.02. The van der Waals surface area contributed by atoms with E-state index >= 15 is 0 Å². The molecule has 0 saturated carbocycles. The topological polar surface area (TPSA) is 43.1 Å². The molecule has 0 unspecified atom stereocenters. The summed E-state index contributed by atoms with van der Waals surface area (Å²) in [7, 11) is 0. The highest BCUT2D eigenvalue weighted by atomic mass is 15.1. The Morgan fingerprint density at radius 1 is 1.38 bits per heavy atom. The maximum Gasteiger partial charge on any atom is 0.236 e. The number of aromatic nitrogens is 4. The second-order valence-electron chi connectivity index (χ2n) is 3.42. The fraction of sp³-hybridized carbons (Fsp3) is 0.444. The summed E-state index contributed by atoms with van der Waals surface area (Å²) < 4.78 is 1.94. The second-order valence-corrected chi connectivity index (χ2v) is 3.42. The van der Waals surface area contributed by atoms with Crippen LogP contribution in [-0.4, -0.2) is 19.4 Å². The highest BCUT2D eigenvalue weighted by Gasteiger charge is 2.11. The van der Waals surface area contributed by atoms with Gasteiger partial charge in [-0.3, -0.25) is 4.40 Å². The molecular formula is C9H12N4. The lowest BCUT2D eigenvalue weighted by Gasteiger charge is -2.04. The normalized spacial score (nSPS) is 11.4. The smallest absolute Gasteiger partial charge is 0.236 e. The molecule has 0 amide bonds. The third-order valence-corrected chi connectivity index (χ3v) is 2.08. The van der Waals surface area contributed by atoms with Crippen molar-refractivity contribution in [3.63, 3.8) is 0 Å². The highest BCUT2D eigenvalue weighted by molar-refractivity contribution is 5.35. The number of fused-ring (bicyclic) bond motifs is 1. The van der Waals surface area contributed by atoms with Crippen molar-refractivity contribution in [3.8, 4) is 0 Å². The van der Waals surface area contributed by atoms with Gasteiger partial charge in [-0.15, -0.1) is 0 Å². The van der Waals surface area contributed by atoms with Gasteiger partial charge in [-0.1, -0.05) is 13.8 Å². The van der Waals surface area contributed by atoms with Crippen LogP contribution in [0.1, 0.15) is 31.2 Å². The molecular weight excluding hydrogens is 164 g/mol. The summed E-state index contributed by atoms with van der Waals surface area (Å²) in [6.45, 7) is 6.29. The van der Waals surface area contributed by atoms with Crippen molar-refractivity contribution < 1.29 is 0 Å². The van der Waals surface area contributed by atoms with Gasteiger partial charge in [0, 0.05) is 0 Å². The first kappa shape index (κ1) is 8.16. The standard InChI is InChI=1S/C9H12N4/c1-6(2)8-7(3)12-9-11-4-10-5-13(8)9/h4-6H,1-3H3. The van der Waals surface area contributed by atoms with Crippen LogP contribution in [0.2, 0.25) is 0 Å². The van der Waals surface area contributed by atoms with E-state index in [2.05, 4.69) is 28.8 Å². The van der Waals surface area contributed by atoms with E-state index in [-0.39, 0.29) is 0 Å². The predicted octanol–water partition coefficient (Wildman–Crippen LogP) is 1.56. The van der Waals surface area contributed by atoms with Crippen LogP contribution in [0.5, 0.6) is 0 Å². The second kappa shape index (κ2) is 2.80. The average molecular weight is 176 g/mol. The Morgan fingerprint density at radius 2 is 2.15 bits per heavy atom. The first-order chi connectivity index (χ1) is 6.20. The Kier molecular flexibility index (Phi) is 1.76. The Hall–Kier alpha value is -1.45. The molecule has 2 aromatic heterocycles. The summed E-state index contributed by atoms with van der Waals surface area (Å²) in [5.74, 6) is 1.18. The SMILES string of the molecule is Cc1nc2ncncn2c1C(C)C. The molecule has 0 aliphatic heterocycles.